The number of nitrogens with zero attached hydrogens (tertiary/aromatic N) is 1. The number of nitrogens with one attached hydrogen (secondary N) is 1. The van der Waals surface area contributed by atoms with E-state index in [0.717, 1.165) is 0 Å². The van der Waals surface area contributed by atoms with E-state index in [1.165, 1.54) is 17.0 Å². The van der Waals surface area contributed by atoms with E-state index in [1.54, 1.807) is 17.4 Å². The Balaban J connectivity index is 2.22. The molecule has 0 bridgehead atoms. The van der Waals surface area contributed by atoms with Crippen LogP contribution >= 0.6 is 11.3 Å². The SMILES string of the molecule is CC(Nc1ccc(F)cc1C#N)c1cccs1. The van der Waals surface area contributed by atoms with Gasteiger partial charge in [-0.3, -0.25) is 0 Å². The Bertz CT molecular complexity index is 543. The van der Waals surface area contributed by atoms with Crippen LogP contribution in [0.15, 0.2) is 35.7 Å². The van der Waals surface area contributed by atoms with Crippen LogP contribution < -0.4 is 5.32 Å². The fourth-order valence-electron chi connectivity index (χ4n) is 1.58. The summed E-state index contributed by atoms with van der Waals surface area (Å²) in [6, 6.07) is 10.3. The number of rotatable bonds is 3. The fraction of sp³-hybridized carbons (Fsp3) is 0.154. The molecule has 0 spiro atoms. The van der Waals surface area contributed by atoms with Gasteiger partial charge in [0.1, 0.15) is 11.9 Å². The molecule has 0 saturated carbocycles. The standard InChI is InChI=1S/C13H11FN2S/c1-9(13-3-2-6-17-13)16-12-5-4-11(14)7-10(12)8-15/h2-7,9,16H,1H3. The number of benzene rings is 1. The minimum atomic E-state index is -0.393. The summed E-state index contributed by atoms with van der Waals surface area (Å²) in [5.74, 6) is -0.393. The molecule has 4 heteroatoms. The Morgan fingerprint density at radius 1 is 1.41 bits per heavy atom. The van der Waals surface area contributed by atoms with Crippen molar-refractivity contribution < 1.29 is 4.39 Å². The van der Waals surface area contributed by atoms with Gasteiger partial charge in [0, 0.05) is 4.88 Å². The van der Waals surface area contributed by atoms with Gasteiger partial charge in [0.15, 0.2) is 0 Å². The quantitative estimate of drug-likeness (QED) is 0.890. The Morgan fingerprint density at radius 2 is 2.24 bits per heavy atom. The molecule has 2 nitrogen and oxygen atoms in total. The zero-order chi connectivity index (χ0) is 12.3. The smallest absolute Gasteiger partial charge is 0.124 e. The summed E-state index contributed by atoms with van der Waals surface area (Å²) in [5.41, 5.74) is 0.989. The molecule has 1 atom stereocenters. The maximum Gasteiger partial charge on any atom is 0.124 e. The molecule has 0 radical (unpaired) electrons. The van der Waals surface area contributed by atoms with Gasteiger partial charge in [-0.1, -0.05) is 6.07 Å². The summed E-state index contributed by atoms with van der Waals surface area (Å²) < 4.78 is 13.0. The first-order valence-corrected chi connectivity index (χ1v) is 6.08. The van der Waals surface area contributed by atoms with E-state index in [2.05, 4.69) is 5.32 Å². The lowest BCUT2D eigenvalue weighted by Gasteiger charge is -2.14. The summed E-state index contributed by atoms with van der Waals surface area (Å²) in [5, 5.41) is 14.1. The molecule has 17 heavy (non-hydrogen) atoms. The molecular formula is C13H11FN2S. The van der Waals surface area contributed by atoms with Crippen LogP contribution in [0.1, 0.15) is 23.4 Å². The van der Waals surface area contributed by atoms with Crippen molar-refractivity contribution in [1.29, 1.82) is 5.26 Å². The predicted octanol–water partition coefficient (Wildman–Crippen LogP) is 3.93. The molecule has 2 aromatic rings. The molecule has 1 N–H and O–H groups in total. The van der Waals surface area contributed by atoms with Crippen LogP contribution in [0.5, 0.6) is 0 Å². The molecule has 1 heterocycles. The normalized spacial score (nSPS) is 11.8. The van der Waals surface area contributed by atoms with Gasteiger partial charge in [-0.25, -0.2) is 4.39 Å². The van der Waals surface area contributed by atoms with Crippen LogP contribution in [-0.4, -0.2) is 0 Å². The Hall–Kier alpha value is -1.86. The van der Waals surface area contributed by atoms with E-state index in [-0.39, 0.29) is 6.04 Å². The molecule has 2 rings (SSSR count). The summed E-state index contributed by atoms with van der Waals surface area (Å²) in [4.78, 5) is 1.18. The van der Waals surface area contributed by atoms with Crippen LogP contribution in [0.4, 0.5) is 10.1 Å². The molecular weight excluding hydrogens is 235 g/mol. The summed E-state index contributed by atoms with van der Waals surface area (Å²) in [7, 11) is 0. The summed E-state index contributed by atoms with van der Waals surface area (Å²) in [6.07, 6.45) is 0. The lowest BCUT2D eigenvalue weighted by Crippen LogP contribution is -2.06. The zero-order valence-electron chi connectivity index (χ0n) is 9.27. The Morgan fingerprint density at radius 3 is 2.88 bits per heavy atom. The van der Waals surface area contributed by atoms with Gasteiger partial charge in [-0.05, 0) is 36.6 Å². The lowest BCUT2D eigenvalue weighted by atomic mass is 10.1. The van der Waals surface area contributed by atoms with Crippen molar-refractivity contribution in [1.82, 2.24) is 0 Å². The van der Waals surface area contributed by atoms with Gasteiger partial charge in [-0.2, -0.15) is 5.26 Å². The first-order valence-electron chi connectivity index (χ1n) is 5.20. The molecule has 0 saturated heterocycles. The zero-order valence-corrected chi connectivity index (χ0v) is 10.1. The monoisotopic (exact) mass is 246 g/mol. The van der Waals surface area contributed by atoms with Gasteiger partial charge in [0.2, 0.25) is 0 Å². The second kappa shape index (κ2) is 4.98. The Kier molecular flexibility index (Phi) is 3.40. The average Bonchev–Trinajstić information content (AvgIpc) is 2.85. The largest absolute Gasteiger partial charge is 0.377 e. The Labute approximate surface area is 103 Å². The number of halogens is 1. The minimum absolute atomic E-state index is 0.104. The second-order valence-electron chi connectivity index (χ2n) is 3.68. The summed E-state index contributed by atoms with van der Waals surface area (Å²) >= 11 is 1.65. The third-order valence-electron chi connectivity index (χ3n) is 2.44. The highest BCUT2D eigenvalue weighted by molar-refractivity contribution is 7.10. The van der Waals surface area contributed by atoms with Crippen molar-refractivity contribution >= 4 is 17.0 Å². The molecule has 86 valence electrons. The van der Waals surface area contributed by atoms with Gasteiger partial charge in [-0.15, -0.1) is 11.3 Å². The van der Waals surface area contributed by atoms with Crippen LogP contribution in [0.2, 0.25) is 0 Å². The molecule has 0 amide bonds. The maximum atomic E-state index is 13.0. The van der Waals surface area contributed by atoms with Crippen LogP contribution in [0.3, 0.4) is 0 Å². The van der Waals surface area contributed by atoms with Crippen LogP contribution in [0, 0.1) is 17.1 Å². The van der Waals surface area contributed by atoms with E-state index >= 15 is 0 Å². The van der Waals surface area contributed by atoms with Crippen molar-refractivity contribution in [3.63, 3.8) is 0 Å². The first-order chi connectivity index (χ1) is 8.20. The predicted molar refractivity (Wildman–Crippen MR) is 67.5 cm³/mol. The van der Waals surface area contributed by atoms with Gasteiger partial charge < -0.3 is 5.32 Å². The molecule has 1 aromatic carbocycles. The third-order valence-corrected chi connectivity index (χ3v) is 3.50. The molecule has 0 aliphatic heterocycles. The third kappa shape index (κ3) is 2.63. The second-order valence-corrected chi connectivity index (χ2v) is 4.66. The van der Waals surface area contributed by atoms with E-state index in [1.807, 2.05) is 30.5 Å². The van der Waals surface area contributed by atoms with Gasteiger partial charge in [0.25, 0.3) is 0 Å². The van der Waals surface area contributed by atoms with E-state index < -0.39 is 5.82 Å². The van der Waals surface area contributed by atoms with Crippen LogP contribution in [0.25, 0.3) is 0 Å². The summed E-state index contributed by atoms with van der Waals surface area (Å²) in [6.45, 7) is 2.01. The number of nitriles is 1. The van der Waals surface area contributed by atoms with Crippen molar-refractivity contribution in [3.05, 3.63) is 52.0 Å². The van der Waals surface area contributed by atoms with Gasteiger partial charge >= 0.3 is 0 Å². The number of hydrogen-bond acceptors (Lipinski definition) is 3. The molecule has 0 aliphatic rings. The highest BCUT2D eigenvalue weighted by Crippen LogP contribution is 2.25. The first kappa shape index (κ1) is 11.6. The van der Waals surface area contributed by atoms with Crippen molar-refractivity contribution in [2.75, 3.05) is 5.32 Å². The highest BCUT2D eigenvalue weighted by Gasteiger charge is 2.09. The van der Waals surface area contributed by atoms with Gasteiger partial charge in [0.05, 0.1) is 17.3 Å². The number of anilines is 1. The maximum absolute atomic E-state index is 13.0. The van der Waals surface area contributed by atoms with Crippen LogP contribution in [-0.2, 0) is 0 Å². The van der Waals surface area contributed by atoms with Crippen molar-refractivity contribution in [3.8, 4) is 6.07 Å². The van der Waals surface area contributed by atoms with E-state index in [0.29, 0.717) is 11.3 Å². The molecule has 0 fully saturated rings. The van der Waals surface area contributed by atoms with Crippen molar-refractivity contribution in [2.24, 2.45) is 0 Å². The van der Waals surface area contributed by atoms with E-state index in [9.17, 15) is 4.39 Å². The number of thiophene rings is 1. The molecule has 1 unspecified atom stereocenters. The van der Waals surface area contributed by atoms with E-state index in [4.69, 9.17) is 5.26 Å². The average molecular weight is 246 g/mol. The lowest BCUT2D eigenvalue weighted by molar-refractivity contribution is 0.627. The number of hydrogen-bond donors (Lipinski definition) is 1. The molecule has 1 aromatic heterocycles. The highest BCUT2D eigenvalue weighted by atomic mass is 32.1. The van der Waals surface area contributed by atoms with Crippen molar-refractivity contribution in [2.45, 2.75) is 13.0 Å². The topological polar surface area (TPSA) is 35.8 Å². The minimum Gasteiger partial charge on any atom is -0.377 e. The fourth-order valence-corrected chi connectivity index (χ4v) is 2.31. The molecule has 0 aliphatic carbocycles.